The molecule has 2 aromatic rings. The first-order valence-corrected chi connectivity index (χ1v) is 9.24. The van der Waals surface area contributed by atoms with Gasteiger partial charge in [0.05, 0.1) is 13.2 Å². The van der Waals surface area contributed by atoms with E-state index in [-0.39, 0.29) is 12.6 Å². The van der Waals surface area contributed by atoms with E-state index in [1.807, 2.05) is 39.0 Å². The van der Waals surface area contributed by atoms with Gasteiger partial charge in [0.25, 0.3) is 11.8 Å². The summed E-state index contributed by atoms with van der Waals surface area (Å²) in [6, 6.07) is 12.2. The van der Waals surface area contributed by atoms with Gasteiger partial charge < -0.3 is 20.1 Å². The third-order valence-electron chi connectivity index (χ3n) is 4.52. The number of methoxy groups -OCH3 is 1. The smallest absolute Gasteiger partial charge is 0.325 e. The maximum Gasteiger partial charge on any atom is 0.325 e. The second kappa shape index (κ2) is 10.3. The van der Waals surface area contributed by atoms with Crippen molar-refractivity contribution in [1.82, 2.24) is 10.6 Å². The first kappa shape index (κ1) is 21.9. The van der Waals surface area contributed by atoms with Crippen LogP contribution >= 0.6 is 0 Å². The van der Waals surface area contributed by atoms with E-state index in [1.54, 1.807) is 24.3 Å². The van der Waals surface area contributed by atoms with Crippen LogP contribution in [0, 0.1) is 13.8 Å². The van der Waals surface area contributed by atoms with Gasteiger partial charge in [-0.1, -0.05) is 18.2 Å². The lowest BCUT2D eigenvalue weighted by Crippen LogP contribution is -2.34. The molecule has 0 heterocycles. The van der Waals surface area contributed by atoms with Gasteiger partial charge in [-0.25, -0.2) is 0 Å². The van der Waals surface area contributed by atoms with Crippen LogP contribution in [0.2, 0.25) is 0 Å². The first-order valence-electron chi connectivity index (χ1n) is 9.24. The van der Waals surface area contributed by atoms with Crippen LogP contribution in [0.5, 0.6) is 5.75 Å². The summed E-state index contributed by atoms with van der Waals surface area (Å²) < 4.78 is 9.94. The number of aryl methyl sites for hydroxylation is 2. The molecule has 2 rings (SSSR count). The number of nitrogens with one attached hydrogen (secondary N) is 2. The summed E-state index contributed by atoms with van der Waals surface area (Å²) in [6.07, 6.45) is 0. The van der Waals surface area contributed by atoms with Crippen molar-refractivity contribution in [2.24, 2.45) is 0 Å². The lowest BCUT2D eigenvalue weighted by Gasteiger charge is -2.16. The van der Waals surface area contributed by atoms with Crippen LogP contribution in [0.4, 0.5) is 0 Å². The third-order valence-corrected chi connectivity index (χ3v) is 4.52. The summed E-state index contributed by atoms with van der Waals surface area (Å²) in [5.41, 5.74) is 3.68. The number of amides is 2. The number of carbonyl (C=O) groups excluding carboxylic acids is 3. The molecule has 2 N–H and O–H groups in total. The van der Waals surface area contributed by atoms with Gasteiger partial charge in [-0.2, -0.15) is 0 Å². The Labute approximate surface area is 170 Å². The van der Waals surface area contributed by atoms with E-state index in [2.05, 4.69) is 10.6 Å². The minimum Gasteiger partial charge on any atom is -0.497 e. The van der Waals surface area contributed by atoms with Gasteiger partial charge in [0, 0.05) is 5.56 Å². The topological polar surface area (TPSA) is 93.7 Å². The maximum atomic E-state index is 12.0. The van der Waals surface area contributed by atoms with Crippen molar-refractivity contribution in [2.75, 3.05) is 20.3 Å². The quantitative estimate of drug-likeness (QED) is 0.666. The van der Waals surface area contributed by atoms with Gasteiger partial charge in [-0.3, -0.25) is 14.4 Å². The van der Waals surface area contributed by atoms with Gasteiger partial charge in [-0.15, -0.1) is 0 Å². The highest BCUT2D eigenvalue weighted by Gasteiger charge is 2.14. The molecule has 0 aliphatic carbocycles. The average molecular weight is 398 g/mol. The lowest BCUT2D eigenvalue weighted by atomic mass is 10.0. The van der Waals surface area contributed by atoms with Crippen molar-refractivity contribution in [3.8, 4) is 5.75 Å². The molecule has 0 fully saturated rings. The largest absolute Gasteiger partial charge is 0.497 e. The molecular formula is C22H26N2O5. The maximum absolute atomic E-state index is 12.0. The Bertz CT molecular complexity index is 877. The van der Waals surface area contributed by atoms with Crippen molar-refractivity contribution < 1.29 is 23.9 Å². The van der Waals surface area contributed by atoms with Crippen LogP contribution in [-0.2, 0) is 14.3 Å². The Kier molecular flexibility index (Phi) is 7.77. The summed E-state index contributed by atoms with van der Waals surface area (Å²) in [5, 5.41) is 5.24. The predicted molar refractivity (Wildman–Crippen MR) is 109 cm³/mol. The Morgan fingerprint density at radius 2 is 1.69 bits per heavy atom. The number of rotatable bonds is 8. The van der Waals surface area contributed by atoms with Crippen LogP contribution in [0.25, 0.3) is 0 Å². The van der Waals surface area contributed by atoms with E-state index in [1.165, 1.54) is 12.7 Å². The van der Waals surface area contributed by atoms with Crippen molar-refractivity contribution in [3.63, 3.8) is 0 Å². The van der Waals surface area contributed by atoms with Crippen LogP contribution < -0.4 is 15.4 Å². The summed E-state index contributed by atoms with van der Waals surface area (Å²) in [4.78, 5) is 35.8. The number of esters is 1. The number of benzene rings is 2. The van der Waals surface area contributed by atoms with Gasteiger partial charge in [0.2, 0.25) is 0 Å². The molecule has 2 aromatic carbocycles. The van der Waals surface area contributed by atoms with Crippen molar-refractivity contribution in [3.05, 3.63) is 64.7 Å². The molecule has 0 aliphatic rings. The molecule has 7 nitrogen and oxygen atoms in total. The van der Waals surface area contributed by atoms with E-state index in [4.69, 9.17) is 9.47 Å². The molecule has 2 amide bonds. The zero-order valence-corrected chi connectivity index (χ0v) is 17.1. The summed E-state index contributed by atoms with van der Waals surface area (Å²) in [7, 11) is 1.53. The lowest BCUT2D eigenvalue weighted by molar-refractivity contribution is -0.147. The Balaban J connectivity index is 1.74. The Morgan fingerprint density at radius 1 is 1.00 bits per heavy atom. The van der Waals surface area contributed by atoms with Crippen molar-refractivity contribution in [1.29, 1.82) is 0 Å². The molecule has 0 spiro atoms. The molecule has 0 saturated carbocycles. The zero-order chi connectivity index (χ0) is 21.4. The summed E-state index contributed by atoms with van der Waals surface area (Å²) in [5.74, 6) is -0.897. The normalized spacial score (nSPS) is 11.3. The Morgan fingerprint density at radius 3 is 2.31 bits per heavy atom. The molecule has 0 saturated heterocycles. The number of carbonyl (C=O) groups is 3. The van der Waals surface area contributed by atoms with Crippen molar-refractivity contribution >= 4 is 17.8 Å². The SMILES string of the molecule is COc1ccc(C(=O)NCC(=O)OCC(=O)NC(C)c2ccc(C)c(C)c2)cc1. The minimum absolute atomic E-state index is 0.213. The van der Waals surface area contributed by atoms with Gasteiger partial charge in [0.1, 0.15) is 12.3 Å². The summed E-state index contributed by atoms with van der Waals surface area (Å²) in [6.45, 7) is 5.15. The number of hydrogen-bond donors (Lipinski definition) is 2. The zero-order valence-electron chi connectivity index (χ0n) is 17.1. The first-order chi connectivity index (χ1) is 13.8. The predicted octanol–water partition coefficient (Wildman–Crippen LogP) is 2.46. The van der Waals surface area contributed by atoms with Crippen LogP contribution in [0.3, 0.4) is 0 Å². The standard InChI is InChI=1S/C22H26N2O5/c1-14-5-6-18(11-15(14)2)16(3)24-20(25)13-29-21(26)12-23-22(27)17-7-9-19(28-4)10-8-17/h5-11,16H,12-13H2,1-4H3,(H,23,27)(H,24,25). The fourth-order valence-corrected chi connectivity index (χ4v) is 2.59. The number of hydrogen-bond acceptors (Lipinski definition) is 5. The molecule has 0 bridgehead atoms. The van der Waals surface area contributed by atoms with Crippen LogP contribution in [-0.4, -0.2) is 38.0 Å². The highest BCUT2D eigenvalue weighted by molar-refractivity contribution is 5.96. The molecule has 0 aliphatic heterocycles. The van der Waals surface area contributed by atoms with E-state index in [0.29, 0.717) is 11.3 Å². The van der Waals surface area contributed by atoms with Crippen LogP contribution in [0.15, 0.2) is 42.5 Å². The van der Waals surface area contributed by atoms with E-state index < -0.39 is 24.4 Å². The second-order valence-corrected chi connectivity index (χ2v) is 6.70. The van der Waals surface area contributed by atoms with Gasteiger partial charge in [-0.05, 0) is 61.7 Å². The molecule has 0 aromatic heterocycles. The fraction of sp³-hybridized carbons (Fsp3) is 0.318. The molecule has 154 valence electrons. The third kappa shape index (κ3) is 6.64. The monoisotopic (exact) mass is 398 g/mol. The molecule has 29 heavy (non-hydrogen) atoms. The second-order valence-electron chi connectivity index (χ2n) is 6.70. The summed E-state index contributed by atoms with van der Waals surface area (Å²) >= 11 is 0. The van der Waals surface area contributed by atoms with Gasteiger partial charge >= 0.3 is 5.97 Å². The minimum atomic E-state index is -0.694. The van der Waals surface area contributed by atoms with E-state index in [9.17, 15) is 14.4 Å². The van der Waals surface area contributed by atoms with Gasteiger partial charge in [0.15, 0.2) is 6.61 Å². The van der Waals surface area contributed by atoms with Crippen molar-refractivity contribution in [2.45, 2.75) is 26.8 Å². The highest BCUT2D eigenvalue weighted by atomic mass is 16.5. The molecule has 1 atom stereocenters. The average Bonchev–Trinajstić information content (AvgIpc) is 2.72. The van der Waals surface area contributed by atoms with E-state index in [0.717, 1.165) is 11.1 Å². The highest BCUT2D eigenvalue weighted by Crippen LogP contribution is 2.16. The molecular weight excluding hydrogens is 372 g/mol. The van der Waals surface area contributed by atoms with Crippen LogP contribution in [0.1, 0.15) is 40.0 Å². The van der Waals surface area contributed by atoms with E-state index >= 15 is 0 Å². The fourth-order valence-electron chi connectivity index (χ4n) is 2.59. The number of ether oxygens (including phenoxy) is 2. The molecule has 0 radical (unpaired) electrons. The molecule has 7 heteroatoms. The Hall–Kier alpha value is -3.35. The molecule has 1 unspecified atom stereocenters.